The number of amides is 2. The molecule has 0 bridgehead atoms. The van der Waals surface area contributed by atoms with Crippen LogP contribution in [0.2, 0.25) is 5.02 Å². The standard InChI is InChI=1S/C17H18ClN3O2/c1-12(14-9-5-6-10-15(14)18)19-11-16(22)20-21-17(23)13-7-3-2-4-8-13/h2-10,12,19H,11H2,1H3,(H,20,22)(H,21,23)/p+1/t12-/m1/s1. The van der Waals surface area contributed by atoms with Gasteiger partial charge < -0.3 is 5.32 Å². The van der Waals surface area contributed by atoms with Crippen molar-refractivity contribution in [2.24, 2.45) is 0 Å². The van der Waals surface area contributed by atoms with E-state index in [0.717, 1.165) is 5.56 Å². The molecule has 0 radical (unpaired) electrons. The van der Waals surface area contributed by atoms with Crippen molar-refractivity contribution in [2.75, 3.05) is 6.54 Å². The Morgan fingerprint density at radius 1 is 1.04 bits per heavy atom. The molecule has 6 heteroatoms. The zero-order chi connectivity index (χ0) is 16.7. The van der Waals surface area contributed by atoms with E-state index in [-0.39, 0.29) is 24.4 Å². The van der Waals surface area contributed by atoms with E-state index in [4.69, 9.17) is 11.6 Å². The molecule has 2 rings (SSSR count). The molecule has 0 spiro atoms. The van der Waals surface area contributed by atoms with Crippen LogP contribution in [-0.4, -0.2) is 18.4 Å². The fourth-order valence-electron chi connectivity index (χ4n) is 2.09. The normalized spacial score (nSPS) is 11.6. The molecular formula is C17H19ClN3O2+. The summed E-state index contributed by atoms with van der Waals surface area (Å²) in [6, 6.07) is 16.3. The highest BCUT2D eigenvalue weighted by Gasteiger charge is 2.14. The monoisotopic (exact) mass is 332 g/mol. The maximum absolute atomic E-state index is 11.8. The number of carbonyl (C=O) groups excluding carboxylic acids is 2. The van der Waals surface area contributed by atoms with Gasteiger partial charge in [-0.15, -0.1) is 0 Å². The Bertz CT molecular complexity index is 677. The van der Waals surface area contributed by atoms with Crippen molar-refractivity contribution in [1.82, 2.24) is 10.9 Å². The van der Waals surface area contributed by atoms with Crippen LogP contribution in [0.25, 0.3) is 0 Å². The average molecular weight is 333 g/mol. The molecule has 4 N–H and O–H groups in total. The van der Waals surface area contributed by atoms with E-state index in [9.17, 15) is 9.59 Å². The van der Waals surface area contributed by atoms with Gasteiger partial charge in [0.05, 0.1) is 0 Å². The summed E-state index contributed by atoms with van der Waals surface area (Å²) in [4.78, 5) is 23.6. The van der Waals surface area contributed by atoms with E-state index >= 15 is 0 Å². The van der Waals surface area contributed by atoms with Gasteiger partial charge in [-0.05, 0) is 25.1 Å². The number of hydrogen-bond acceptors (Lipinski definition) is 2. The molecule has 0 aliphatic heterocycles. The van der Waals surface area contributed by atoms with Gasteiger partial charge in [0.1, 0.15) is 6.04 Å². The lowest BCUT2D eigenvalue weighted by molar-refractivity contribution is -0.682. The van der Waals surface area contributed by atoms with Gasteiger partial charge in [0.25, 0.3) is 11.8 Å². The Labute approximate surface area is 140 Å². The van der Waals surface area contributed by atoms with E-state index in [2.05, 4.69) is 10.9 Å². The second kappa shape index (κ2) is 8.31. The van der Waals surface area contributed by atoms with Crippen molar-refractivity contribution in [3.05, 3.63) is 70.7 Å². The minimum Gasteiger partial charge on any atom is -0.332 e. The first kappa shape index (κ1) is 17.0. The Morgan fingerprint density at radius 3 is 2.39 bits per heavy atom. The summed E-state index contributed by atoms with van der Waals surface area (Å²) in [7, 11) is 0. The van der Waals surface area contributed by atoms with Gasteiger partial charge in [-0.3, -0.25) is 20.4 Å². The highest BCUT2D eigenvalue weighted by molar-refractivity contribution is 6.31. The molecule has 2 aromatic carbocycles. The molecule has 0 saturated heterocycles. The Hall–Kier alpha value is -2.37. The third-order valence-corrected chi connectivity index (χ3v) is 3.75. The fourth-order valence-corrected chi connectivity index (χ4v) is 2.40. The molecule has 0 saturated carbocycles. The van der Waals surface area contributed by atoms with Crippen molar-refractivity contribution in [1.29, 1.82) is 0 Å². The van der Waals surface area contributed by atoms with Crippen LogP contribution in [0.3, 0.4) is 0 Å². The molecule has 23 heavy (non-hydrogen) atoms. The summed E-state index contributed by atoms with van der Waals surface area (Å²) < 4.78 is 0. The van der Waals surface area contributed by atoms with Crippen LogP contribution in [0.15, 0.2) is 54.6 Å². The number of carbonyl (C=O) groups is 2. The van der Waals surface area contributed by atoms with Crippen LogP contribution in [0.1, 0.15) is 28.9 Å². The third-order valence-electron chi connectivity index (χ3n) is 3.40. The number of nitrogens with two attached hydrogens (primary N) is 1. The zero-order valence-corrected chi connectivity index (χ0v) is 13.5. The summed E-state index contributed by atoms with van der Waals surface area (Å²) in [5.74, 6) is -0.633. The highest BCUT2D eigenvalue weighted by Crippen LogP contribution is 2.19. The maximum atomic E-state index is 11.8. The zero-order valence-electron chi connectivity index (χ0n) is 12.8. The van der Waals surface area contributed by atoms with Gasteiger partial charge >= 0.3 is 0 Å². The van der Waals surface area contributed by atoms with Crippen molar-refractivity contribution in [3.8, 4) is 0 Å². The van der Waals surface area contributed by atoms with Gasteiger partial charge in [-0.1, -0.05) is 48.0 Å². The Morgan fingerprint density at radius 2 is 1.70 bits per heavy atom. The topological polar surface area (TPSA) is 74.8 Å². The third kappa shape index (κ3) is 5.09. The summed E-state index contributed by atoms with van der Waals surface area (Å²) in [6.45, 7) is 2.15. The lowest BCUT2D eigenvalue weighted by Gasteiger charge is -2.12. The van der Waals surface area contributed by atoms with Crippen molar-refractivity contribution < 1.29 is 14.9 Å². The van der Waals surface area contributed by atoms with Crippen molar-refractivity contribution >= 4 is 23.4 Å². The summed E-state index contributed by atoms with van der Waals surface area (Å²) in [6.07, 6.45) is 0. The van der Waals surface area contributed by atoms with Crippen LogP contribution >= 0.6 is 11.6 Å². The summed E-state index contributed by atoms with van der Waals surface area (Å²) in [5, 5.41) is 2.53. The number of rotatable bonds is 5. The van der Waals surface area contributed by atoms with Crippen LogP contribution in [0.5, 0.6) is 0 Å². The molecule has 0 aromatic heterocycles. The lowest BCUT2D eigenvalue weighted by atomic mass is 10.1. The number of halogens is 1. The van der Waals surface area contributed by atoms with Gasteiger partial charge in [0, 0.05) is 16.1 Å². The van der Waals surface area contributed by atoms with Crippen LogP contribution in [0.4, 0.5) is 0 Å². The number of quaternary nitrogens is 1. The number of hydrazine groups is 1. The molecular weight excluding hydrogens is 314 g/mol. The van der Waals surface area contributed by atoms with Crippen molar-refractivity contribution in [2.45, 2.75) is 13.0 Å². The molecule has 0 heterocycles. The Balaban J connectivity index is 1.77. The fraction of sp³-hybridized carbons (Fsp3) is 0.176. The minimum atomic E-state index is -0.349. The first-order valence-electron chi connectivity index (χ1n) is 7.30. The number of nitrogens with one attached hydrogen (secondary N) is 2. The molecule has 0 unspecified atom stereocenters. The Kier molecular flexibility index (Phi) is 6.14. The molecule has 5 nitrogen and oxygen atoms in total. The van der Waals surface area contributed by atoms with E-state index in [1.54, 1.807) is 24.3 Å². The maximum Gasteiger partial charge on any atom is 0.293 e. The second-order valence-corrected chi connectivity index (χ2v) is 5.53. The van der Waals surface area contributed by atoms with E-state index in [0.29, 0.717) is 10.6 Å². The first-order valence-corrected chi connectivity index (χ1v) is 7.67. The SMILES string of the molecule is C[C@@H]([NH2+]CC(=O)NNC(=O)c1ccccc1)c1ccccc1Cl. The van der Waals surface area contributed by atoms with E-state index < -0.39 is 0 Å². The molecule has 0 fully saturated rings. The predicted molar refractivity (Wildman–Crippen MR) is 88.7 cm³/mol. The molecule has 120 valence electrons. The van der Waals surface area contributed by atoms with Crippen molar-refractivity contribution in [3.63, 3.8) is 0 Å². The summed E-state index contributed by atoms with van der Waals surface area (Å²) >= 11 is 6.13. The van der Waals surface area contributed by atoms with E-state index in [1.807, 2.05) is 42.6 Å². The smallest absolute Gasteiger partial charge is 0.293 e. The van der Waals surface area contributed by atoms with Crippen LogP contribution in [0, 0.1) is 0 Å². The lowest BCUT2D eigenvalue weighted by Crippen LogP contribution is -2.87. The van der Waals surface area contributed by atoms with E-state index in [1.165, 1.54) is 0 Å². The highest BCUT2D eigenvalue weighted by atomic mass is 35.5. The van der Waals surface area contributed by atoms with Gasteiger partial charge in [-0.25, -0.2) is 0 Å². The summed E-state index contributed by atoms with van der Waals surface area (Å²) in [5.41, 5.74) is 6.24. The second-order valence-electron chi connectivity index (χ2n) is 5.12. The predicted octanol–water partition coefficient (Wildman–Crippen LogP) is 1.43. The first-order chi connectivity index (χ1) is 11.1. The quantitative estimate of drug-likeness (QED) is 0.724. The van der Waals surface area contributed by atoms with Crippen LogP contribution < -0.4 is 16.2 Å². The molecule has 1 atom stereocenters. The van der Waals surface area contributed by atoms with Crippen LogP contribution in [-0.2, 0) is 4.79 Å². The largest absolute Gasteiger partial charge is 0.332 e. The van der Waals surface area contributed by atoms with Gasteiger partial charge in [-0.2, -0.15) is 0 Å². The molecule has 2 amide bonds. The number of hydrogen-bond donors (Lipinski definition) is 3. The van der Waals surface area contributed by atoms with Gasteiger partial charge in [0.2, 0.25) is 0 Å². The molecule has 0 aliphatic rings. The average Bonchev–Trinajstić information content (AvgIpc) is 2.58. The minimum absolute atomic E-state index is 0.0410. The molecule has 0 aliphatic carbocycles. The van der Waals surface area contributed by atoms with Gasteiger partial charge in [0.15, 0.2) is 6.54 Å². The number of benzene rings is 2. The molecule has 2 aromatic rings.